The molecule has 1 amide bonds. The highest BCUT2D eigenvalue weighted by atomic mass is 35.5. The van der Waals surface area contributed by atoms with Gasteiger partial charge in [0.05, 0.1) is 31.3 Å². The predicted octanol–water partition coefficient (Wildman–Crippen LogP) is 3.80. The van der Waals surface area contributed by atoms with Crippen LogP contribution in [0.25, 0.3) is 10.2 Å². The van der Waals surface area contributed by atoms with E-state index in [1.807, 2.05) is 0 Å². The molecule has 1 aliphatic carbocycles. The Kier molecular flexibility index (Phi) is 6.91. The van der Waals surface area contributed by atoms with Crippen LogP contribution < -0.4 is 10.9 Å². The van der Waals surface area contributed by atoms with E-state index in [2.05, 4.69) is 10.3 Å². The van der Waals surface area contributed by atoms with Gasteiger partial charge < -0.3 is 10.1 Å². The number of aryl methyl sites for hydroxylation is 3. The third-order valence-electron chi connectivity index (χ3n) is 5.73. The van der Waals surface area contributed by atoms with Gasteiger partial charge in [-0.3, -0.25) is 19.0 Å². The van der Waals surface area contributed by atoms with E-state index in [1.165, 1.54) is 22.9 Å². The lowest BCUT2D eigenvalue weighted by Crippen LogP contribution is -2.32. The Bertz CT molecular complexity index is 1200. The highest BCUT2D eigenvalue weighted by molar-refractivity contribution is 7.18. The quantitative estimate of drug-likeness (QED) is 0.527. The number of halogens is 1. The van der Waals surface area contributed by atoms with Crippen molar-refractivity contribution >= 4 is 45.0 Å². The number of nitrogens with zero attached hydrogens (tertiary/aromatic N) is 2. The summed E-state index contributed by atoms with van der Waals surface area (Å²) < 4.78 is 6.26. The Morgan fingerprint density at radius 1 is 1.25 bits per heavy atom. The fourth-order valence-electron chi connectivity index (χ4n) is 4.03. The normalized spacial score (nSPS) is 14.1. The van der Waals surface area contributed by atoms with Crippen LogP contribution in [-0.4, -0.2) is 28.5 Å². The van der Waals surface area contributed by atoms with Crippen molar-refractivity contribution in [2.75, 3.05) is 7.11 Å². The Labute approximate surface area is 194 Å². The van der Waals surface area contributed by atoms with E-state index in [0.717, 1.165) is 41.6 Å². The lowest BCUT2D eigenvalue weighted by atomic mass is 9.97. The number of ether oxygens (including phenoxy) is 1. The molecule has 0 saturated carbocycles. The Hall–Kier alpha value is -2.71. The second kappa shape index (κ2) is 9.83. The van der Waals surface area contributed by atoms with Crippen molar-refractivity contribution < 1.29 is 14.3 Å². The third kappa shape index (κ3) is 4.86. The number of rotatable bonds is 7. The summed E-state index contributed by atoms with van der Waals surface area (Å²) in [5.41, 5.74) is 1.79. The van der Waals surface area contributed by atoms with Crippen LogP contribution in [0.5, 0.6) is 0 Å². The van der Waals surface area contributed by atoms with Gasteiger partial charge in [-0.15, -0.1) is 11.3 Å². The summed E-state index contributed by atoms with van der Waals surface area (Å²) in [7, 11) is 1.31. The molecule has 7 nitrogen and oxygen atoms in total. The third-order valence-corrected chi connectivity index (χ3v) is 7.18. The predicted molar refractivity (Wildman–Crippen MR) is 124 cm³/mol. The van der Waals surface area contributed by atoms with Gasteiger partial charge in [0.15, 0.2) is 0 Å². The van der Waals surface area contributed by atoms with Crippen LogP contribution in [0.4, 0.5) is 0 Å². The molecule has 1 N–H and O–H groups in total. The molecule has 1 unspecified atom stereocenters. The first-order valence-corrected chi connectivity index (χ1v) is 11.8. The van der Waals surface area contributed by atoms with Crippen molar-refractivity contribution in [3.8, 4) is 0 Å². The van der Waals surface area contributed by atoms with E-state index in [9.17, 15) is 14.4 Å². The first-order valence-electron chi connectivity index (χ1n) is 10.6. The van der Waals surface area contributed by atoms with E-state index in [-0.39, 0.29) is 30.9 Å². The zero-order valence-electron chi connectivity index (χ0n) is 17.7. The first kappa shape index (κ1) is 22.5. The first-order chi connectivity index (χ1) is 15.5. The number of nitrogens with one attached hydrogen (secondary N) is 1. The van der Waals surface area contributed by atoms with Gasteiger partial charge in [0, 0.05) is 22.9 Å². The summed E-state index contributed by atoms with van der Waals surface area (Å²) in [5.74, 6) is -0.702. The smallest absolute Gasteiger partial charge is 0.307 e. The molecular formula is C23H24ClN3O4S. The molecule has 1 aliphatic rings. The van der Waals surface area contributed by atoms with Crippen LogP contribution in [0.3, 0.4) is 0 Å². The lowest BCUT2D eigenvalue weighted by Gasteiger charge is -2.18. The maximum Gasteiger partial charge on any atom is 0.307 e. The summed E-state index contributed by atoms with van der Waals surface area (Å²) in [4.78, 5) is 44.1. The maximum atomic E-state index is 13.1. The molecule has 1 atom stereocenters. The van der Waals surface area contributed by atoms with Crippen molar-refractivity contribution in [2.45, 2.75) is 51.1 Å². The zero-order valence-corrected chi connectivity index (χ0v) is 19.3. The fourth-order valence-corrected chi connectivity index (χ4v) is 5.37. The monoisotopic (exact) mass is 473 g/mol. The topological polar surface area (TPSA) is 90.3 Å². The molecule has 0 aliphatic heterocycles. The number of carbonyl (C=O) groups is 2. The summed E-state index contributed by atoms with van der Waals surface area (Å²) in [6, 6.07) is 6.38. The second-order valence-electron chi connectivity index (χ2n) is 7.84. The maximum absolute atomic E-state index is 13.1. The number of benzene rings is 1. The van der Waals surface area contributed by atoms with Crippen molar-refractivity contribution in [2.24, 2.45) is 0 Å². The fraction of sp³-hybridized carbons (Fsp3) is 0.391. The Balaban J connectivity index is 1.47. The number of esters is 1. The minimum atomic E-state index is -0.548. The number of thiophene rings is 1. The summed E-state index contributed by atoms with van der Waals surface area (Å²) in [6.07, 6.45) is 5.75. The van der Waals surface area contributed by atoms with Gasteiger partial charge in [-0.1, -0.05) is 23.7 Å². The molecule has 0 radical (unpaired) electrons. The number of hydrogen-bond acceptors (Lipinski definition) is 6. The van der Waals surface area contributed by atoms with Crippen LogP contribution >= 0.6 is 22.9 Å². The number of carbonyl (C=O) groups excluding carboxylic acids is 2. The molecule has 4 rings (SSSR count). The van der Waals surface area contributed by atoms with Crippen molar-refractivity contribution in [3.05, 3.63) is 62.0 Å². The molecule has 0 saturated heterocycles. The average Bonchev–Trinajstić information content (AvgIpc) is 3.18. The van der Waals surface area contributed by atoms with Crippen LogP contribution in [0.2, 0.25) is 5.02 Å². The van der Waals surface area contributed by atoms with Crippen LogP contribution in [0.15, 0.2) is 35.4 Å². The highest BCUT2D eigenvalue weighted by Gasteiger charge is 2.21. The van der Waals surface area contributed by atoms with Gasteiger partial charge in [0.25, 0.3) is 5.56 Å². The van der Waals surface area contributed by atoms with Crippen LogP contribution in [-0.2, 0) is 33.7 Å². The van der Waals surface area contributed by atoms with Gasteiger partial charge in [-0.2, -0.15) is 0 Å². The zero-order chi connectivity index (χ0) is 22.7. The van der Waals surface area contributed by atoms with E-state index in [1.54, 1.807) is 35.6 Å². The van der Waals surface area contributed by atoms with Crippen LogP contribution in [0.1, 0.15) is 47.7 Å². The Morgan fingerprint density at radius 2 is 2.00 bits per heavy atom. The number of methoxy groups -OCH3 is 1. The average molecular weight is 474 g/mol. The van der Waals surface area contributed by atoms with Gasteiger partial charge in [-0.25, -0.2) is 4.98 Å². The Morgan fingerprint density at radius 3 is 2.75 bits per heavy atom. The molecular weight excluding hydrogens is 450 g/mol. The number of fused-ring (bicyclic) bond motifs is 3. The second-order valence-corrected chi connectivity index (χ2v) is 9.36. The molecule has 2 heterocycles. The molecule has 1 aromatic carbocycles. The van der Waals surface area contributed by atoms with Crippen LogP contribution in [0, 0.1) is 0 Å². The highest BCUT2D eigenvalue weighted by Crippen LogP contribution is 2.33. The van der Waals surface area contributed by atoms with E-state index >= 15 is 0 Å². The number of aromatic nitrogens is 2. The van der Waals surface area contributed by atoms with E-state index in [4.69, 9.17) is 16.3 Å². The standard InChI is InChI=1S/C23H24ClN3O4S/c1-31-20(29)12-17(14-6-8-15(24)9-7-14)26-19(28)10-11-27-13-25-22-21(23(27)30)16-4-2-3-5-18(16)32-22/h6-9,13,17H,2-5,10-12H2,1H3,(H,26,28). The van der Waals surface area contributed by atoms with E-state index < -0.39 is 12.0 Å². The molecule has 0 spiro atoms. The van der Waals surface area contributed by atoms with Gasteiger partial charge in [0.1, 0.15) is 4.83 Å². The molecule has 168 valence electrons. The minimum absolute atomic E-state index is 0.00161. The van der Waals surface area contributed by atoms with Crippen molar-refractivity contribution in [1.29, 1.82) is 0 Å². The summed E-state index contributed by atoms with van der Waals surface area (Å²) >= 11 is 7.55. The summed E-state index contributed by atoms with van der Waals surface area (Å²) in [5, 5.41) is 4.14. The summed E-state index contributed by atoms with van der Waals surface area (Å²) in [6.45, 7) is 0.212. The largest absolute Gasteiger partial charge is 0.469 e. The van der Waals surface area contributed by atoms with E-state index in [0.29, 0.717) is 10.4 Å². The lowest BCUT2D eigenvalue weighted by molar-refractivity contribution is -0.141. The SMILES string of the molecule is COC(=O)CC(NC(=O)CCn1cnc2sc3c(c2c1=O)CCCC3)c1ccc(Cl)cc1. The molecule has 9 heteroatoms. The molecule has 0 fully saturated rings. The number of hydrogen-bond donors (Lipinski definition) is 1. The molecule has 3 aromatic rings. The molecule has 0 bridgehead atoms. The van der Waals surface area contributed by atoms with Crippen molar-refractivity contribution in [1.82, 2.24) is 14.9 Å². The van der Waals surface area contributed by atoms with Gasteiger partial charge >= 0.3 is 5.97 Å². The molecule has 32 heavy (non-hydrogen) atoms. The van der Waals surface area contributed by atoms with Gasteiger partial charge in [0.2, 0.25) is 5.91 Å². The van der Waals surface area contributed by atoms with Gasteiger partial charge in [-0.05, 0) is 48.9 Å². The minimum Gasteiger partial charge on any atom is -0.469 e. The van der Waals surface area contributed by atoms with Crippen molar-refractivity contribution in [3.63, 3.8) is 0 Å². The number of amides is 1. The molecule has 2 aromatic heterocycles.